The molecule has 0 aromatic carbocycles. The maximum Gasteiger partial charge on any atom is 0.270 e. The number of hydrogen-bond donors (Lipinski definition) is 2. The molecule has 0 atom stereocenters. The fourth-order valence-electron chi connectivity index (χ4n) is 1.14. The van der Waals surface area contributed by atoms with Crippen molar-refractivity contribution in [3.05, 3.63) is 30.6 Å². The molecule has 17 heavy (non-hydrogen) atoms. The van der Waals surface area contributed by atoms with Crippen LogP contribution in [-0.4, -0.2) is 28.0 Å². The predicted molar refractivity (Wildman–Crippen MR) is 67.9 cm³/mol. The molecular weight excluding hydrogens is 216 g/mol. The molecule has 0 aliphatic rings. The van der Waals surface area contributed by atoms with Crippen molar-refractivity contribution in [3.8, 4) is 0 Å². The molecule has 1 aromatic heterocycles. The second-order valence-corrected chi connectivity index (χ2v) is 4.64. The Bertz CT molecular complexity index is 409. The zero-order chi connectivity index (χ0) is 12.9. The zero-order valence-corrected chi connectivity index (χ0v) is 10.4. The van der Waals surface area contributed by atoms with Crippen molar-refractivity contribution < 1.29 is 4.79 Å². The first-order valence-corrected chi connectivity index (χ1v) is 5.43. The number of nitrogens with zero attached hydrogens (tertiary/aromatic N) is 2. The standard InChI is InChI=1S/C12H18N4O/c1-5-7-13-11-14-8-6-9(15-11)10(17)16-12(2,3)4/h5-6,8H,1,7H2,2-4H3,(H,16,17)(H,13,14,15). The van der Waals surface area contributed by atoms with Crippen molar-refractivity contribution in [3.63, 3.8) is 0 Å². The van der Waals surface area contributed by atoms with Crippen LogP contribution in [0.4, 0.5) is 5.95 Å². The highest BCUT2D eigenvalue weighted by Gasteiger charge is 2.16. The third-order valence-corrected chi connectivity index (χ3v) is 1.78. The third-order valence-electron chi connectivity index (χ3n) is 1.78. The van der Waals surface area contributed by atoms with E-state index in [9.17, 15) is 4.79 Å². The topological polar surface area (TPSA) is 66.9 Å². The van der Waals surface area contributed by atoms with Crippen molar-refractivity contribution in [2.24, 2.45) is 0 Å². The zero-order valence-electron chi connectivity index (χ0n) is 10.4. The Morgan fingerprint density at radius 3 is 2.82 bits per heavy atom. The molecule has 92 valence electrons. The lowest BCUT2D eigenvalue weighted by Crippen LogP contribution is -2.41. The first kappa shape index (κ1) is 13.2. The second kappa shape index (κ2) is 5.43. The summed E-state index contributed by atoms with van der Waals surface area (Å²) >= 11 is 0. The molecule has 0 spiro atoms. The summed E-state index contributed by atoms with van der Waals surface area (Å²) < 4.78 is 0. The van der Waals surface area contributed by atoms with Gasteiger partial charge in [-0.25, -0.2) is 9.97 Å². The molecule has 5 nitrogen and oxygen atoms in total. The first-order chi connectivity index (χ1) is 7.92. The van der Waals surface area contributed by atoms with Gasteiger partial charge in [0.05, 0.1) is 0 Å². The Hall–Kier alpha value is -1.91. The van der Waals surface area contributed by atoms with E-state index in [-0.39, 0.29) is 11.4 Å². The minimum Gasteiger partial charge on any atom is -0.351 e. The van der Waals surface area contributed by atoms with E-state index < -0.39 is 0 Å². The summed E-state index contributed by atoms with van der Waals surface area (Å²) in [5, 5.41) is 5.77. The largest absolute Gasteiger partial charge is 0.351 e. The quantitative estimate of drug-likeness (QED) is 0.777. The van der Waals surface area contributed by atoms with Gasteiger partial charge < -0.3 is 10.6 Å². The molecule has 1 heterocycles. The summed E-state index contributed by atoms with van der Waals surface area (Å²) in [6.07, 6.45) is 3.25. The van der Waals surface area contributed by atoms with Crippen molar-refractivity contribution >= 4 is 11.9 Å². The fourth-order valence-corrected chi connectivity index (χ4v) is 1.14. The second-order valence-electron chi connectivity index (χ2n) is 4.64. The number of nitrogens with one attached hydrogen (secondary N) is 2. The van der Waals surface area contributed by atoms with Crippen molar-refractivity contribution in [1.29, 1.82) is 0 Å². The molecule has 1 rings (SSSR count). The number of carbonyl (C=O) groups is 1. The molecule has 0 saturated carbocycles. The Balaban J connectivity index is 2.77. The van der Waals surface area contributed by atoms with E-state index >= 15 is 0 Å². The van der Waals surface area contributed by atoms with Crippen molar-refractivity contribution in [2.45, 2.75) is 26.3 Å². The van der Waals surface area contributed by atoms with Crippen LogP contribution in [0.15, 0.2) is 24.9 Å². The van der Waals surface area contributed by atoms with Crippen LogP contribution < -0.4 is 10.6 Å². The molecule has 1 amide bonds. The molecule has 0 saturated heterocycles. The van der Waals surface area contributed by atoms with Gasteiger partial charge in [-0.2, -0.15) is 0 Å². The van der Waals surface area contributed by atoms with Gasteiger partial charge in [0, 0.05) is 18.3 Å². The molecule has 0 fully saturated rings. The van der Waals surface area contributed by atoms with E-state index in [0.717, 1.165) is 0 Å². The van der Waals surface area contributed by atoms with Gasteiger partial charge in [0.15, 0.2) is 0 Å². The monoisotopic (exact) mass is 234 g/mol. The van der Waals surface area contributed by atoms with E-state index in [1.54, 1.807) is 18.3 Å². The van der Waals surface area contributed by atoms with Crippen molar-refractivity contribution in [1.82, 2.24) is 15.3 Å². The lowest BCUT2D eigenvalue weighted by molar-refractivity contribution is 0.0914. The van der Waals surface area contributed by atoms with Crippen LogP contribution in [-0.2, 0) is 0 Å². The van der Waals surface area contributed by atoms with Crippen LogP contribution >= 0.6 is 0 Å². The van der Waals surface area contributed by atoms with Gasteiger partial charge >= 0.3 is 0 Å². The lowest BCUT2D eigenvalue weighted by Gasteiger charge is -2.20. The number of rotatable bonds is 4. The van der Waals surface area contributed by atoms with Crippen LogP contribution in [0.2, 0.25) is 0 Å². The van der Waals surface area contributed by atoms with Gasteiger partial charge in [-0.05, 0) is 26.8 Å². The van der Waals surface area contributed by atoms with Crippen LogP contribution in [0, 0.1) is 0 Å². The van der Waals surface area contributed by atoms with Crippen LogP contribution in [0.25, 0.3) is 0 Å². The maximum atomic E-state index is 11.8. The van der Waals surface area contributed by atoms with Gasteiger partial charge in [-0.15, -0.1) is 6.58 Å². The highest BCUT2D eigenvalue weighted by molar-refractivity contribution is 5.92. The number of amides is 1. The van der Waals surface area contributed by atoms with E-state index in [1.165, 1.54) is 0 Å². The Kier molecular flexibility index (Phi) is 4.20. The molecule has 0 aliphatic heterocycles. The molecule has 0 unspecified atom stereocenters. The van der Waals surface area contributed by atoms with Gasteiger partial charge in [0.1, 0.15) is 5.69 Å². The average Bonchev–Trinajstić information content (AvgIpc) is 2.24. The summed E-state index contributed by atoms with van der Waals surface area (Å²) in [4.78, 5) is 20.0. The lowest BCUT2D eigenvalue weighted by atomic mass is 10.1. The van der Waals surface area contributed by atoms with Gasteiger partial charge in [-0.3, -0.25) is 4.79 Å². The molecule has 0 radical (unpaired) electrons. The number of carbonyl (C=O) groups excluding carboxylic acids is 1. The number of hydrogen-bond acceptors (Lipinski definition) is 4. The highest BCUT2D eigenvalue weighted by Crippen LogP contribution is 2.04. The third kappa shape index (κ3) is 4.63. The maximum absolute atomic E-state index is 11.8. The Morgan fingerprint density at radius 1 is 1.53 bits per heavy atom. The Morgan fingerprint density at radius 2 is 2.24 bits per heavy atom. The summed E-state index contributed by atoms with van der Waals surface area (Å²) in [5.41, 5.74) is 0.0676. The molecule has 1 aromatic rings. The van der Waals surface area contributed by atoms with E-state index in [1.807, 2.05) is 20.8 Å². The Labute approximate surface area is 101 Å². The normalized spacial score (nSPS) is 10.8. The predicted octanol–water partition coefficient (Wildman–Crippen LogP) is 1.60. The van der Waals surface area contributed by atoms with Crippen LogP contribution in [0.5, 0.6) is 0 Å². The van der Waals surface area contributed by atoms with Crippen molar-refractivity contribution in [2.75, 3.05) is 11.9 Å². The summed E-state index contributed by atoms with van der Waals surface area (Å²) in [6.45, 7) is 9.90. The van der Waals surface area contributed by atoms with Gasteiger partial charge in [0.2, 0.25) is 5.95 Å². The smallest absolute Gasteiger partial charge is 0.270 e. The summed E-state index contributed by atoms with van der Waals surface area (Å²) in [6, 6.07) is 1.58. The number of anilines is 1. The minimum absolute atomic E-state index is 0.207. The average molecular weight is 234 g/mol. The molecule has 0 bridgehead atoms. The fraction of sp³-hybridized carbons (Fsp3) is 0.417. The molecular formula is C12H18N4O. The minimum atomic E-state index is -0.281. The van der Waals surface area contributed by atoms with Gasteiger partial charge in [0.25, 0.3) is 5.91 Å². The van der Waals surface area contributed by atoms with E-state index in [2.05, 4.69) is 27.2 Å². The van der Waals surface area contributed by atoms with E-state index in [4.69, 9.17) is 0 Å². The highest BCUT2D eigenvalue weighted by atomic mass is 16.2. The first-order valence-electron chi connectivity index (χ1n) is 5.43. The summed E-state index contributed by atoms with van der Waals surface area (Å²) in [7, 11) is 0. The van der Waals surface area contributed by atoms with E-state index in [0.29, 0.717) is 18.2 Å². The molecule has 2 N–H and O–H groups in total. The van der Waals surface area contributed by atoms with Crippen LogP contribution in [0.3, 0.4) is 0 Å². The SMILES string of the molecule is C=CCNc1nccc(C(=O)NC(C)(C)C)n1. The number of aromatic nitrogens is 2. The summed E-state index contributed by atoms with van der Waals surface area (Å²) in [5.74, 6) is 0.216. The molecule has 0 aliphatic carbocycles. The van der Waals surface area contributed by atoms with Crippen LogP contribution in [0.1, 0.15) is 31.3 Å². The molecule has 5 heteroatoms. The van der Waals surface area contributed by atoms with Gasteiger partial charge in [-0.1, -0.05) is 6.08 Å².